The van der Waals surface area contributed by atoms with Gasteiger partial charge in [0.1, 0.15) is 18.1 Å². The maximum Gasteiger partial charge on any atom is 0.123 e. The number of aryl methyl sites for hydroxylation is 1. The molecule has 0 aliphatic carbocycles. The smallest absolute Gasteiger partial charge is 0.123 e. The third-order valence-corrected chi connectivity index (χ3v) is 3.33. The highest BCUT2D eigenvalue weighted by Crippen LogP contribution is 2.22. The van der Waals surface area contributed by atoms with Crippen molar-refractivity contribution in [1.29, 1.82) is 0 Å². The predicted octanol–water partition coefficient (Wildman–Crippen LogP) is 3.83. The number of methoxy groups -OCH3 is 1. The lowest BCUT2D eigenvalue weighted by Gasteiger charge is -2.11. The van der Waals surface area contributed by atoms with E-state index >= 15 is 0 Å². The number of halogens is 1. The molecule has 0 spiro atoms. The van der Waals surface area contributed by atoms with Crippen LogP contribution in [0.1, 0.15) is 11.1 Å². The topological polar surface area (TPSA) is 30.5 Å². The molecule has 0 radical (unpaired) electrons. The Labute approximate surface area is 130 Å². The Morgan fingerprint density at radius 2 is 2.00 bits per heavy atom. The second-order valence-corrected chi connectivity index (χ2v) is 5.23. The molecule has 112 valence electrons. The number of hydrogen-bond donors (Lipinski definition) is 1. The van der Waals surface area contributed by atoms with Gasteiger partial charge in [-0.25, -0.2) is 0 Å². The van der Waals surface area contributed by atoms with Crippen LogP contribution in [0.4, 0.5) is 0 Å². The zero-order valence-corrected chi connectivity index (χ0v) is 13.1. The molecule has 1 N–H and O–H groups in total. The van der Waals surface area contributed by atoms with E-state index in [4.69, 9.17) is 21.1 Å². The van der Waals surface area contributed by atoms with E-state index in [1.54, 1.807) is 7.11 Å². The molecule has 0 saturated carbocycles. The minimum Gasteiger partial charge on any atom is -0.496 e. The summed E-state index contributed by atoms with van der Waals surface area (Å²) in [5, 5.41) is 4.04. The number of nitrogens with one attached hydrogen (secondary N) is 1. The Bertz CT molecular complexity index is 587. The van der Waals surface area contributed by atoms with Gasteiger partial charge in [0.25, 0.3) is 0 Å². The lowest BCUT2D eigenvalue weighted by Crippen LogP contribution is -2.20. The summed E-state index contributed by atoms with van der Waals surface area (Å²) in [5.74, 6) is 1.74. The van der Waals surface area contributed by atoms with Crippen molar-refractivity contribution < 1.29 is 9.47 Å². The Morgan fingerprint density at radius 1 is 1.14 bits per heavy atom. The van der Waals surface area contributed by atoms with Crippen LogP contribution in [0.3, 0.4) is 0 Å². The second kappa shape index (κ2) is 7.91. The Hall–Kier alpha value is -1.71. The van der Waals surface area contributed by atoms with Crippen molar-refractivity contribution in [3.63, 3.8) is 0 Å². The Balaban J connectivity index is 1.76. The molecule has 0 fully saturated rings. The largest absolute Gasteiger partial charge is 0.496 e. The molecule has 0 unspecified atom stereocenters. The van der Waals surface area contributed by atoms with Crippen molar-refractivity contribution in [1.82, 2.24) is 5.32 Å². The van der Waals surface area contributed by atoms with Gasteiger partial charge in [0.2, 0.25) is 0 Å². The third kappa shape index (κ3) is 4.96. The molecule has 4 heteroatoms. The zero-order valence-electron chi connectivity index (χ0n) is 12.4. The molecule has 0 aliphatic heterocycles. The lowest BCUT2D eigenvalue weighted by atomic mass is 10.2. The third-order valence-electron chi connectivity index (χ3n) is 3.10. The fourth-order valence-electron chi connectivity index (χ4n) is 2.05. The van der Waals surface area contributed by atoms with Gasteiger partial charge in [-0.1, -0.05) is 23.7 Å². The van der Waals surface area contributed by atoms with E-state index in [-0.39, 0.29) is 0 Å². The average molecular weight is 306 g/mol. The van der Waals surface area contributed by atoms with Crippen molar-refractivity contribution in [3.05, 3.63) is 58.6 Å². The number of rotatable bonds is 7. The van der Waals surface area contributed by atoms with Crippen LogP contribution in [0.5, 0.6) is 11.5 Å². The van der Waals surface area contributed by atoms with Crippen LogP contribution in [0.25, 0.3) is 0 Å². The van der Waals surface area contributed by atoms with E-state index in [0.29, 0.717) is 18.2 Å². The SMILES string of the molecule is COc1ccc(Cl)cc1CNCCOc1cccc(C)c1. The van der Waals surface area contributed by atoms with Crippen LogP contribution in [0.15, 0.2) is 42.5 Å². The first-order valence-corrected chi connectivity index (χ1v) is 7.29. The molecule has 0 aromatic heterocycles. The van der Waals surface area contributed by atoms with E-state index in [9.17, 15) is 0 Å². The van der Waals surface area contributed by atoms with Crippen LogP contribution >= 0.6 is 11.6 Å². The zero-order chi connectivity index (χ0) is 15.1. The normalized spacial score (nSPS) is 10.4. The highest BCUT2D eigenvalue weighted by molar-refractivity contribution is 6.30. The molecule has 0 heterocycles. The first-order chi connectivity index (χ1) is 10.2. The van der Waals surface area contributed by atoms with Crippen molar-refractivity contribution >= 4 is 11.6 Å². The number of ether oxygens (including phenoxy) is 2. The molecule has 2 aromatic rings. The molecule has 0 aliphatic rings. The van der Waals surface area contributed by atoms with E-state index in [0.717, 1.165) is 23.6 Å². The van der Waals surface area contributed by atoms with Crippen LogP contribution in [-0.4, -0.2) is 20.3 Å². The Morgan fingerprint density at radius 3 is 2.76 bits per heavy atom. The van der Waals surface area contributed by atoms with Crippen LogP contribution in [-0.2, 0) is 6.54 Å². The van der Waals surface area contributed by atoms with Crippen LogP contribution in [0, 0.1) is 6.92 Å². The molecule has 21 heavy (non-hydrogen) atoms. The highest BCUT2D eigenvalue weighted by atomic mass is 35.5. The number of hydrogen-bond acceptors (Lipinski definition) is 3. The van der Waals surface area contributed by atoms with Gasteiger partial charge in [0, 0.05) is 23.7 Å². The summed E-state index contributed by atoms with van der Waals surface area (Å²) < 4.78 is 11.0. The predicted molar refractivity (Wildman–Crippen MR) is 86.4 cm³/mol. The quantitative estimate of drug-likeness (QED) is 0.789. The first-order valence-electron chi connectivity index (χ1n) is 6.91. The standard InChI is InChI=1S/C17H20ClNO2/c1-13-4-3-5-16(10-13)21-9-8-19-12-14-11-15(18)6-7-17(14)20-2/h3-7,10-11,19H,8-9,12H2,1-2H3. The maximum absolute atomic E-state index is 6.00. The van der Waals surface area contributed by atoms with E-state index in [1.807, 2.05) is 36.4 Å². The summed E-state index contributed by atoms with van der Waals surface area (Å²) in [6.45, 7) is 4.12. The van der Waals surface area contributed by atoms with Gasteiger partial charge < -0.3 is 14.8 Å². The van der Waals surface area contributed by atoms with Gasteiger partial charge in [-0.05, 0) is 42.8 Å². The summed E-state index contributed by atoms with van der Waals surface area (Å²) in [6.07, 6.45) is 0. The molecular formula is C17H20ClNO2. The maximum atomic E-state index is 6.00. The fourth-order valence-corrected chi connectivity index (χ4v) is 2.25. The van der Waals surface area contributed by atoms with Gasteiger partial charge >= 0.3 is 0 Å². The van der Waals surface area contributed by atoms with Crippen LogP contribution < -0.4 is 14.8 Å². The number of benzene rings is 2. The van der Waals surface area contributed by atoms with E-state index < -0.39 is 0 Å². The molecule has 2 rings (SSSR count). The minimum absolute atomic E-state index is 0.617. The molecule has 0 atom stereocenters. The van der Waals surface area contributed by atoms with Gasteiger partial charge in [-0.3, -0.25) is 0 Å². The monoisotopic (exact) mass is 305 g/mol. The highest BCUT2D eigenvalue weighted by Gasteiger charge is 2.03. The lowest BCUT2D eigenvalue weighted by molar-refractivity contribution is 0.313. The second-order valence-electron chi connectivity index (χ2n) is 4.80. The van der Waals surface area contributed by atoms with Crippen molar-refractivity contribution in [2.24, 2.45) is 0 Å². The molecule has 0 bridgehead atoms. The summed E-state index contributed by atoms with van der Waals surface area (Å²) in [4.78, 5) is 0. The summed E-state index contributed by atoms with van der Waals surface area (Å²) >= 11 is 6.00. The molecule has 0 amide bonds. The fraction of sp³-hybridized carbons (Fsp3) is 0.294. The van der Waals surface area contributed by atoms with Gasteiger partial charge in [-0.2, -0.15) is 0 Å². The molecule has 3 nitrogen and oxygen atoms in total. The van der Waals surface area contributed by atoms with Gasteiger partial charge in [0.15, 0.2) is 0 Å². The molecule has 0 saturated heterocycles. The van der Waals surface area contributed by atoms with Crippen LogP contribution in [0.2, 0.25) is 5.02 Å². The first kappa shape index (κ1) is 15.7. The molecular weight excluding hydrogens is 286 g/mol. The van der Waals surface area contributed by atoms with Gasteiger partial charge in [0.05, 0.1) is 7.11 Å². The van der Waals surface area contributed by atoms with Crippen molar-refractivity contribution in [2.45, 2.75) is 13.5 Å². The van der Waals surface area contributed by atoms with Crippen molar-refractivity contribution in [3.8, 4) is 11.5 Å². The Kier molecular flexibility index (Phi) is 5.90. The van der Waals surface area contributed by atoms with Gasteiger partial charge in [-0.15, -0.1) is 0 Å². The van der Waals surface area contributed by atoms with E-state index in [2.05, 4.69) is 18.3 Å². The average Bonchev–Trinajstić information content (AvgIpc) is 2.47. The van der Waals surface area contributed by atoms with E-state index in [1.165, 1.54) is 5.56 Å². The summed E-state index contributed by atoms with van der Waals surface area (Å²) in [7, 11) is 1.66. The summed E-state index contributed by atoms with van der Waals surface area (Å²) in [6, 6.07) is 13.7. The molecule has 2 aromatic carbocycles. The van der Waals surface area contributed by atoms with Crippen molar-refractivity contribution in [2.75, 3.05) is 20.3 Å². The minimum atomic E-state index is 0.617. The summed E-state index contributed by atoms with van der Waals surface area (Å²) in [5.41, 5.74) is 2.24.